The molecule has 1 aliphatic heterocycles. The van der Waals surface area contributed by atoms with Crippen LogP contribution in [0.25, 0.3) is 22.0 Å². The Kier molecular flexibility index (Phi) is 5.59. The Bertz CT molecular complexity index is 1310. The average molecular weight is 469 g/mol. The van der Waals surface area contributed by atoms with Gasteiger partial charge in [0.2, 0.25) is 0 Å². The Morgan fingerprint density at radius 1 is 1.09 bits per heavy atom. The van der Waals surface area contributed by atoms with Gasteiger partial charge < -0.3 is 4.98 Å². The number of alkyl halides is 3. The molecule has 0 saturated heterocycles. The quantitative estimate of drug-likeness (QED) is 0.451. The Morgan fingerprint density at radius 3 is 2.58 bits per heavy atom. The number of pyridine rings is 1. The van der Waals surface area contributed by atoms with E-state index in [-0.39, 0.29) is 5.56 Å². The van der Waals surface area contributed by atoms with Crippen LogP contribution in [0.3, 0.4) is 0 Å². The van der Waals surface area contributed by atoms with Crippen LogP contribution in [0.1, 0.15) is 22.4 Å². The molecule has 0 saturated carbocycles. The van der Waals surface area contributed by atoms with Crippen LogP contribution in [0.15, 0.2) is 64.9 Å². The first-order chi connectivity index (χ1) is 15.9. The number of thiophene rings is 1. The van der Waals surface area contributed by atoms with E-state index in [1.807, 2.05) is 23.6 Å². The average Bonchev–Trinajstić information content (AvgIpc) is 3.35. The zero-order chi connectivity index (χ0) is 23.0. The summed E-state index contributed by atoms with van der Waals surface area (Å²) in [5, 5.41) is 1.95. The number of fused-ring (bicyclic) bond motifs is 1. The van der Waals surface area contributed by atoms with E-state index in [4.69, 9.17) is 0 Å². The van der Waals surface area contributed by atoms with Crippen molar-refractivity contribution in [3.8, 4) is 22.0 Å². The van der Waals surface area contributed by atoms with Gasteiger partial charge >= 0.3 is 6.18 Å². The van der Waals surface area contributed by atoms with E-state index in [1.165, 1.54) is 23.5 Å². The highest BCUT2D eigenvalue weighted by Gasteiger charge is 2.30. The number of benzene rings is 1. The van der Waals surface area contributed by atoms with Crippen molar-refractivity contribution in [2.45, 2.75) is 25.7 Å². The Morgan fingerprint density at radius 2 is 1.91 bits per heavy atom. The molecule has 0 unspecified atom stereocenters. The summed E-state index contributed by atoms with van der Waals surface area (Å²) in [7, 11) is 0. The predicted molar refractivity (Wildman–Crippen MR) is 121 cm³/mol. The Labute approximate surface area is 191 Å². The van der Waals surface area contributed by atoms with Crippen molar-refractivity contribution in [3.63, 3.8) is 0 Å². The summed E-state index contributed by atoms with van der Waals surface area (Å²) in [6.07, 6.45) is -1.94. The molecule has 9 heteroatoms. The third-order valence-electron chi connectivity index (χ3n) is 5.64. The highest BCUT2D eigenvalue weighted by Crippen LogP contribution is 2.30. The summed E-state index contributed by atoms with van der Waals surface area (Å²) < 4.78 is 38.3. The first kappa shape index (κ1) is 21.5. The van der Waals surface area contributed by atoms with Gasteiger partial charge in [0.1, 0.15) is 0 Å². The van der Waals surface area contributed by atoms with Crippen molar-refractivity contribution >= 4 is 11.3 Å². The maximum Gasteiger partial charge on any atom is 0.416 e. The number of nitrogens with zero attached hydrogens (tertiary/aromatic N) is 3. The molecular weight excluding hydrogens is 449 g/mol. The lowest BCUT2D eigenvalue weighted by Gasteiger charge is -2.27. The number of halogens is 3. The summed E-state index contributed by atoms with van der Waals surface area (Å²) in [5.41, 5.74) is 2.95. The lowest BCUT2D eigenvalue weighted by Crippen LogP contribution is -2.35. The molecule has 0 bridgehead atoms. The van der Waals surface area contributed by atoms with Gasteiger partial charge in [-0.05, 0) is 35.2 Å². The molecule has 1 N–H and O–H groups in total. The first-order valence-corrected chi connectivity index (χ1v) is 11.3. The molecule has 0 aliphatic carbocycles. The predicted octanol–water partition coefficient (Wildman–Crippen LogP) is 5.14. The van der Waals surface area contributed by atoms with Gasteiger partial charge in [-0.25, -0.2) is 4.98 Å². The van der Waals surface area contributed by atoms with E-state index < -0.39 is 11.7 Å². The van der Waals surface area contributed by atoms with Crippen LogP contribution >= 0.6 is 11.3 Å². The molecule has 0 fully saturated rings. The van der Waals surface area contributed by atoms with Gasteiger partial charge in [-0.15, -0.1) is 11.3 Å². The first-order valence-electron chi connectivity index (χ1n) is 10.4. The summed E-state index contributed by atoms with van der Waals surface area (Å²) in [6, 6.07) is 12.6. The van der Waals surface area contributed by atoms with Crippen molar-refractivity contribution in [1.29, 1.82) is 0 Å². The van der Waals surface area contributed by atoms with Crippen molar-refractivity contribution < 1.29 is 13.2 Å². The standard InChI is InChI=1S/C24H19F3N4OS/c25-24(26,27)17-6-4-16(5-7-17)19-8-3-15(12-28-19)13-31-10-9-20-18(14-31)23(32)30-22(29-20)21-2-1-11-33-21/h1-8,11-12H,9-10,13-14H2,(H,29,30,32). The molecular formula is C24H19F3N4OS. The molecule has 1 aliphatic rings. The molecule has 0 amide bonds. The van der Waals surface area contributed by atoms with Crippen LogP contribution in [-0.2, 0) is 25.7 Å². The molecule has 5 nitrogen and oxygen atoms in total. The van der Waals surface area contributed by atoms with Gasteiger partial charge in [-0.2, -0.15) is 13.2 Å². The maximum absolute atomic E-state index is 12.8. The van der Waals surface area contributed by atoms with Crippen LogP contribution < -0.4 is 5.56 Å². The van der Waals surface area contributed by atoms with Gasteiger partial charge in [0.25, 0.3) is 5.56 Å². The van der Waals surface area contributed by atoms with Crippen molar-refractivity contribution in [2.75, 3.05) is 6.54 Å². The zero-order valence-corrected chi connectivity index (χ0v) is 18.2. The molecule has 1 aromatic carbocycles. The fourth-order valence-corrected chi connectivity index (χ4v) is 4.59. The van der Waals surface area contributed by atoms with E-state index in [2.05, 4.69) is 19.9 Å². The van der Waals surface area contributed by atoms with Crippen molar-refractivity contribution in [1.82, 2.24) is 19.9 Å². The van der Waals surface area contributed by atoms with E-state index in [1.54, 1.807) is 12.3 Å². The van der Waals surface area contributed by atoms with E-state index in [0.29, 0.717) is 42.2 Å². The van der Waals surface area contributed by atoms with E-state index in [9.17, 15) is 18.0 Å². The van der Waals surface area contributed by atoms with Crippen LogP contribution in [-0.4, -0.2) is 26.4 Å². The summed E-state index contributed by atoms with van der Waals surface area (Å²) >= 11 is 1.54. The van der Waals surface area contributed by atoms with Crippen LogP contribution in [0.5, 0.6) is 0 Å². The van der Waals surface area contributed by atoms with Gasteiger partial charge in [-0.1, -0.05) is 24.3 Å². The number of hydrogen-bond donors (Lipinski definition) is 1. The minimum atomic E-state index is -4.36. The molecule has 5 rings (SSSR count). The van der Waals surface area contributed by atoms with Crippen molar-refractivity contribution in [2.24, 2.45) is 0 Å². The lowest BCUT2D eigenvalue weighted by atomic mass is 10.1. The summed E-state index contributed by atoms with van der Waals surface area (Å²) in [6.45, 7) is 1.89. The Balaban J connectivity index is 1.28. The van der Waals surface area contributed by atoms with Gasteiger partial charge in [0.05, 0.1) is 27.4 Å². The highest BCUT2D eigenvalue weighted by molar-refractivity contribution is 7.13. The molecule has 33 heavy (non-hydrogen) atoms. The maximum atomic E-state index is 12.8. The second-order valence-corrected chi connectivity index (χ2v) is 8.85. The minimum absolute atomic E-state index is 0.108. The molecule has 168 valence electrons. The number of H-pyrrole nitrogens is 1. The van der Waals surface area contributed by atoms with Crippen LogP contribution in [0.4, 0.5) is 13.2 Å². The number of aromatic nitrogens is 3. The molecule has 0 radical (unpaired) electrons. The molecule has 0 spiro atoms. The van der Waals surface area contributed by atoms with Gasteiger partial charge in [-0.3, -0.25) is 14.7 Å². The third-order valence-corrected chi connectivity index (χ3v) is 6.52. The minimum Gasteiger partial charge on any atom is -0.306 e. The third kappa shape index (κ3) is 4.60. The highest BCUT2D eigenvalue weighted by atomic mass is 32.1. The zero-order valence-electron chi connectivity index (χ0n) is 17.4. The number of aromatic amines is 1. The monoisotopic (exact) mass is 468 g/mol. The topological polar surface area (TPSA) is 61.9 Å². The Hall–Kier alpha value is -3.30. The molecule has 4 heterocycles. The number of hydrogen-bond acceptors (Lipinski definition) is 5. The summed E-state index contributed by atoms with van der Waals surface area (Å²) in [5.74, 6) is 0.616. The molecule has 4 aromatic rings. The van der Waals surface area contributed by atoms with Crippen molar-refractivity contribution in [3.05, 3.63) is 92.8 Å². The van der Waals surface area contributed by atoms with Crippen LogP contribution in [0.2, 0.25) is 0 Å². The van der Waals surface area contributed by atoms with Gasteiger partial charge in [0.15, 0.2) is 5.82 Å². The van der Waals surface area contributed by atoms with E-state index in [0.717, 1.165) is 34.8 Å². The SMILES string of the molecule is O=c1[nH]c(-c2cccs2)nc2c1CN(Cc1ccc(-c3ccc(C(F)(F)F)cc3)nc1)CC2. The number of nitrogens with one attached hydrogen (secondary N) is 1. The normalized spacial score (nSPS) is 14.3. The largest absolute Gasteiger partial charge is 0.416 e. The fourth-order valence-electron chi connectivity index (χ4n) is 3.92. The van der Waals surface area contributed by atoms with Gasteiger partial charge in [0, 0.05) is 37.8 Å². The molecule has 3 aromatic heterocycles. The summed E-state index contributed by atoms with van der Waals surface area (Å²) in [4.78, 5) is 27.8. The van der Waals surface area contributed by atoms with Crippen LogP contribution in [0, 0.1) is 0 Å². The fraction of sp³-hybridized carbons (Fsp3) is 0.208. The second-order valence-electron chi connectivity index (χ2n) is 7.90. The number of rotatable bonds is 4. The lowest BCUT2D eigenvalue weighted by molar-refractivity contribution is -0.137. The molecule has 0 atom stereocenters. The van der Waals surface area contributed by atoms with E-state index >= 15 is 0 Å². The smallest absolute Gasteiger partial charge is 0.306 e. The second kappa shape index (κ2) is 8.57.